The zero-order valence-corrected chi connectivity index (χ0v) is 21.7. The first kappa shape index (κ1) is 25.4. The van der Waals surface area contributed by atoms with Gasteiger partial charge in [-0.15, -0.1) is 0 Å². The van der Waals surface area contributed by atoms with Crippen LogP contribution in [0, 0.1) is 11.3 Å². The van der Waals surface area contributed by atoms with Crippen LogP contribution in [0.1, 0.15) is 21.5 Å². The summed E-state index contributed by atoms with van der Waals surface area (Å²) in [4.78, 5) is 13.6. The fraction of sp³-hybridized carbons (Fsp3) is 0.0909. The molecule has 0 bridgehead atoms. The molecular formula is C33H27N3O3. The van der Waals surface area contributed by atoms with Crippen LogP contribution in [0.15, 0.2) is 109 Å². The van der Waals surface area contributed by atoms with E-state index in [-0.39, 0.29) is 5.91 Å². The molecule has 6 nitrogen and oxygen atoms in total. The summed E-state index contributed by atoms with van der Waals surface area (Å²) in [5, 5.41) is 13.6. The lowest BCUT2D eigenvalue weighted by molar-refractivity contribution is 0.102. The molecule has 0 unspecified atom stereocenters. The maximum Gasteiger partial charge on any atom is 0.260 e. The van der Waals surface area contributed by atoms with E-state index in [0.29, 0.717) is 29.2 Å². The number of nitriles is 1. The van der Waals surface area contributed by atoms with Gasteiger partial charge in [-0.2, -0.15) is 5.26 Å². The highest BCUT2D eigenvalue weighted by molar-refractivity contribution is 6.08. The number of carbonyl (C=O) groups is 1. The van der Waals surface area contributed by atoms with Gasteiger partial charge in [0.05, 0.1) is 25.5 Å². The van der Waals surface area contributed by atoms with Crippen LogP contribution in [0.5, 0.6) is 11.5 Å². The molecule has 39 heavy (non-hydrogen) atoms. The number of amides is 1. The van der Waals surface area contributed by atoms with Gasteiger partial charge in [0.2, 0.25) is 0 Å². The van der Waals surface area contributed by atoms with E-state index in [1.54, 1.807) is 25.3 Å². The highest BCUT2D eigenvalue weighted by Crippen LogP contribution is 2.42. The average Bonchev–Trinajstić information content (AvgIpc) is 3.30. The molecule has 1 N–H and O–H groups in total. The van der Waals surface area contributed by atoms with Crippen LogP contribution in [-0.2, 0) is 6.54 Å². The maximum atomic E-state index is 13.6. The normalized spacial score (nSPS) is 10.5. The third-order valence-electron chi connectivity index (χ3n) is 6.57. The first-order chi connectivity index (χ1) is 19.1. The molecule has 0 saturated carbocycles. The van der Waals surface area contributed by atoms with Crippen LogP contribution in [0.4, 0.5) is 5.82 Å². The van der Waals surface area contributed by atoms with Crippen LogP contribution in [-0.4, -0.2) is 24.7 Å². The van der Waals surface area contributed by atoms with Crippen LogP contribution >= 0.6 is 0 Å². The van der Waals surface area contributed by atoms with Gasteiger partial charge < -0.3 is 19.4 Å². The lowest BCUT2D eigenvalue weighted by atomic mass is 9.98. The molecule has 0 radical (unpaired) electrons. The lowest BCUT2D eigenvalue weighted by Gasteiger charge is -2.16. The number of para-hydroxylation sites is 1. The van der Waals surface area contributed by atoms with E-state index >= 15 is 0 Å². The number of aromatic nitrogens is 1. The molecular weight excluding hydrogens is 486 g/mol. The Balaban J connectivity index is 1.76. The number of hydrogen-bond donors (Lipinski definition) is 1. The van der Waals surface area contributed by atoms with Crippen molar-refractivity contribution in [1.82, 2.24) is 4.57 Å². The Labute approximate surface area is 227 Å². The van der Waals surface area contributed by atoms with E-state index in [4.69, 9.17) is 9.47 Å². The van der Waals surface area contributed by atoms with E-state index in [1.807, 2.05) is 95.6 Å². The van der Waals surface area contributed by atoms with Gasteiger partial charge in [-0.1, -0.05) is 84.9 Å². The molecule has 0 fully saturated rings. The van der Waals surface area contributed by atoms with Crippen molar-refractivity contribution >= 4 is 11.7 Å². The second-order valence-electron chi connectivity index (χ2n) is 8.88. The summed E-state index contributed by atoms with van der Waals surface area (Å²) in [6.45, 7) is 0.414. The average molecular weight is 514 g/mol. The smallest absolute Gasteiger partial charge is 0.260 e. The van der Waals surface area contributed by atoms with E-state index in [1.165, 1.54) is 7.11 Å². The number of anilines is 1. The number of nitrogens with one attached hydrogen (secondary N) is 1. The molecule has 0 aliphatic heterocycles. The number of nitrogens with zero attached hydrogens (tertiary/aromatic N) is 2. The molecule has 4 aromatic carbocycles. The van der Waals surface area contributed by atoms with Gasteiger partial charge in [0.15, 0.2) is 0 Å². The summed E-state index contributed by atoms with van der Waals surface area (Å²) < 4.78 is 12.8. The summed E-state index contributed by atoms with van der Waals surface area (Å²) in [7, 11) is 3.16. The molecule has 0 spiro atoms. The highest BCUT2D eigenvalue weighted by Gasteiger charge is 2.27. The van der Waals surface area contributed by atoms with Crippen molar-refractivity contribution in [2.45, 2.75) is 6.54 Å². The summed E-state index contributed by atoms with van der Waals surface area (Å²) >= 11 is 0. The summed E-state index contributed by atoms with van der Waals surface area (Å²) in [6, 6.07) is 36.9. The molecule has 0 atom stereocenters. The predicted molar refractivity (Wildman–Crippen MR) is 153 cm³/mol. The lowest BCUT2D eigenvalue weighted by Crippen LogP contribution is -2.17. The van der Waals surface area contributed by atoms with Gasteiger partial charge in [0.1, 0.15) is 28.9 Å². The van der Waals surface area contributed by atoms with Crippen LogP contribution in [0.2, 0.25) is 0 Å². The zero-order chi connectivity index (χ0) is 27.2. The van der Waals surface area contributed by atoms with Gasteiger partial charge >= 0.3 is 0 Å². The molecule has 0 aliphatic rings. The highest BCUT2D eigenvalue weighted by atomic mass is 16.5. The minimum absolute atomic E-state index is 0.364. The molecule has 0 aliphatic carbocycles. The number of benzene rings is 4. The van der Waals surface area contributed by atoms with Crippen LogP contribution < -0.4 is 14.8 Å². The predicted octanol–water partition coefficient (Wildman–Crippen LogP) is 7.01. The van der Waals surface area contributed by atoms with Gasteiger partial charge in [0.25, 0.3) is 5.91 Å². The zero-order valence-electron chi connectivity index (χ0n) is 21.7. The number of ether oxygens (including phenoxy) is 2. The third kappa shape index (κ3) is 5.11. The van der Waals surface area contributed by atoms with E-state index in [0.717, 1.165) is 33.7 Å². The van der Waals surface area contributed by atoms with Crippen molar-refractivity contribution in [1.29, 1.82) is 5.26 Å². The topological polar surface area (TPSA) is 76.3 Å². The van der Waals surface area contributed by atoms with Crippen LogP contribution in [0.3, 0.4) is 0 Å². The Bertz CT molecular complexity index is 1630. The first-order valence-corrected chi connectivity index (χ1v) is 12.5. The van der Waals surface area contributed by atoms with Crippen molar-refractivity contribution in [2.75, 3.05) is 19.5 Å². The van der Waals surface area contributed by atoms with E-state index in [2.05, 4.69) is 11.4 Å². The molecule has 1 amide bonds. The Kier molecular flexibility index (Phi) is 7.42. The monoisotopic (exact) mass is 513 g/mol. The maximum absolute atomic E-state index is 13.6. The molecule has 1 heterocycles. The largest absolute Gasteiger partial charge is 0.497 e. The van der Waals surface area contributed by atoms with Gasteiger partial charge in [0, 0.05) is 12.1 Å². The molecule has 6 heteroatoms. The Hall–Kier alpha value is -5.28. The minimum atomic E-state index is -0.364. The molecule has 5 aromatic rings. The number of methoxy groups -OCH3 is 2. The fourth-order valence-corrected chi connectivity index (χ4v) is 4.72. The standard InChI is InChI=1S/C33H27N3O3/c1-38-26-19-17-23(18-20-26)22-36-31(25-13-7-4-8-14-25)30(24-11-5-3-6-12-24)28(21-34)32(36)35-33(37)27-15-9-10-16-29(27)39-2/h3-20H,22H2,1-2H3,(H,35,37). The quantitative estimate of drug-likeness (QED) is 0.242. The van der Waals surface area contributed by atoms with E-state index in [9.17, 15) is 10.1 Å². The Morgan fingerprint density at radius 2 is 1.41 bits per heavy atom. The van der Waals surface area contributed by atoms with Crippen molar-refractivity contribution < 1.29 is 14.3 Å². The summed E-state index contributed by atoms with van der Waals surface area (Å²) in [5.74, 6) is 1.26. The number of rotatable bonds is 8. The Morgan fingerprint density at radius 3 is 2.03 bits per heavy atom. The second-order valence-corrected chi connectivity index (χ2v) is 8.88. The summed E-state index contributed by atoms with van der Waals surface area (Å²) in [6.07, 6.45) is 0. The number of hydrogen-bond acceptors (Lipinski definition) is 4. The van der Waals surface area contributed by atoms with Crippen molar-refractivity contribution in [3.63, 3.8) is 0 Å². The fourth-order valence-electron chi connectivity index (χ4n) is 4.72. The molecule has 1 aromatic heterocycles. The summed E-state index contributed by atoms with van der Waals surface area (Å²) in [5.41, 5.74) is 5.16. The second kappa shape index (κ2) is 11.4. The van der Waals surface area contributed by atoms with E-state index < -0.39 is 0 Å². The molecule has 192 valence electrons. The molecule has 0 saturated heterocycles. The number of carbonyl (C=O) groups excluding carboxylic acids is 1. The van der Waals surface area contributed by atoms with Crippen LogP contribution in [0.25, 0.3) is 22.4 Å². The van der Waals surface area contributed by atoms with Crippen molar-refractivity contribution in [2.24, 2.45) is 0 Å². The third-order valence-corrected chi connectivity index (χ3v) is 6.57. The first-order valence-electron chi connectivity index (χ1n) is 12.5. The Morgan fingerprint density at radius 1 is 0.795 bits per heavy atom. The van der Waals surface area contributed by atoms with Crippen molar-refractivity contribution in [3.05, 3.63) is 126 Å². The van der Waals surface area contributed by atoms with Gasteiger partial charge in [-0.25, -0.2) is 0 Å². The van der Waals surface area contributed by atoms with Gasteiger partial charge in [-0.05, 0) is 41.0 Å². The molecule has 5 rings (SSSR count). The van der Waals surface area contributed by atoms with Gasteiger partial charge in [-0.3, -0.25) is 4.79 Å². The minimum Gasteiger partial charge on any atom is -0.497 e. The SMILES string of the molecule is COc1ccc(Cn2c(NC(=O)c3ccccc3OC)c(C#N)c(-c3ccccc3)c2-c2ccccc2)cc1. The van der Waals surface area contributed by atoms with Crippen molar-refractivity contribution in [3.8, 4) is 40.0 Å².